The quantitative estimate of drug-likeness (QED) is 0.606. The van der Waals surface area contributed by atoms with E-state index < -0.39 is 9.84 Å². The number of hydrogen-bond acceptors (Lipinski definition) is 3. The summed E-state index contributed by atoms with van der Waals surface area (Å²) >= 11 is 0. The van der Waals surface area contributed by atoms with Crippen LogP contribution >= 0.6 is 0 Å². The smallest absolute Gasteiger partial charge is 0.151 e. The van der Waals surface area contributed by atoms with Crippen LogP contribution < -0.4 is 5.73 Å². The second kappa shape index (κ2) is 3.17. The molecule has 0 heterocycles. The van der Waals surface area contributed by atoms with Crippen LogP contribution in [0.4, 0.5) is 0 Å². The second-order valence-corrected chi connectivity index (χ2v) is 4.42. The molecular formula is C5H13NO2S. The van der Waals surface area contributed by atoms with Gasteiger partial charge in [-0.25, -0.2) is 8.42 Å². The van der Waals surface area contributed by atoms with Crippen molar-refractivity contribution in [2.24, 2.45) is 5.73 Å². The lowest BCUT2D eigenvalue weighted by Crippen LogP contribution is -2.27. The molecule has 0 aliphatic heterocycles. The van der Waals surface area contributed by atoms with Crippen molar-refractivity contribution in [1.82, 2.24) is 0 Å². The first-order chi connectivity index (χ1) is 4.02. The minimum absolute atomic E-state index is 0.231. The molecule has 2 N–H and O–H groups in total. The predicted molar refractivity (Wildman–Crippen MR) is 38.0 cm³/mol. The highest BCUT2D eigenvalue weighted by Gasteiger charge is 2.15. The summed E-state index contributed by atoms with van der Waals surface area (Å²) in [4.78, 5) is 0. The first-order valence-electron chi connectivity index (χ1n) is 2.91. The van der Waals surface area contributed by atoms with E-state index >= 15 is 0 Å². The molecule has 0 aliphatic carbocycles. The molecule has 0 amide bonds. The number of nitrogens with two attached hydrogens (primary N) is 1. The van der Waals surface area contributed by atoms with Crippen LogP contribution in [0.3, 0.4) is 0 Å². The normalized spacial score (nSPS) is 15.4. The predicted octanol–water partition coefficient (Wildman–Crippen LogP) is -0.232. The molecule has 0 spiro atoms. The SMILES string of the molecule is CC[C@H](CN)S(C)(=O)=O. The van der Waals surface area contributed by atoms with Crippen LogP contribution in [0, 0.1) is 0 Å². The summed E-state index contributed by atoms with van der Waals surface area (Å²) in [6.07, 6.45) is 1.82. The first kappa shape index (κ1) is 8.91. The molecule has 1 atom stereocenters. The van der Waals surface area contributed by atoms with E-state index in [1.165, 1.54) is 6.26 Å². The molecular weight excluding hydrogens is 138 g/mol. The van der Waals surface area contributed by atoms with Crippen LogP contribution in [-0.4, -0.2) is 26.5 Å². The molecule has 0 aromatic rings. The third-order valence-corrected chi connectivity index (χ3v) is 3.06. The van der Waals surface area contributed by atoms with Crippen LogP contribution in [0.1, 0.15) is 13.3 Å². The van der Waals surface area contributed by atoms with Crippen molar-refractivity contribution in [1.29, 1.82) is 0 Å². The summed E-state index contributed by atoms with van der Waals surface area (Å²) in [6.45, 7) is 2.05. The maximum atomic E-state index is 10.7. The van der Waals surface area contributed by atoms with Gasteiger partial charge in [-0.15, -0.1) is 0 Å². The molecule has 0 aromatic carbocycles. The van der Waals surface area contributed by atoms with Crippen molar-refractivity contribution < 1.29 is 8.42 Å². The van der Waals surface area contributed by atoms with Crippen molar-refractivity contribution in [3.63, 3.8) is 0 Å². The van der Waals surface area contributed by atoms with E-state index in [4.69, 9.17) is 5.73 Å². The minimum Gasteiger partial charge on any atom is -0.329 e. The van der Waals surface area contributed by atoms with Crippen molar-refractivity contribution >= 4 is 9.84 Å². The highest BCUT2D eigenvalue weighted by molar-refractivity contribution is 7.91. The van der Waals surface area contributed by atoms with Gasteiger partial charge >= 0.3 is 0 Å². The molecule has 0 unspecified atom stereocenters. The zero-order chi connectivity index (χ0) is 7.49. The zero-order valence-electron chi connectivity index (χ0n) is 5.79. The molecule has 0 aliphatic rings. The molecule has 3 nitrogen and oxygen atoms in total. The first-order valence-corrected chi connectivity index (χ1v) is 4.86. The van der Waals surface area contributed by atoms with Gasteiger partial charge in [0.1, 0.15) is 0 Å². The molecule has 56 valence electrons. The summed E-state index contributed by atoms with van der Waals surface area (Å²) in [7, 11) is -2.89. The Morgan fingerprint density at radius 3 is 2.00 bits per heavy atom. The molecule has 0 aromatic heterocycles. The Kier molecular flexibility index (Phi) is 3.14. The Morgan fingerprint density at radius 1 is 1.56 bits per heavy atom. The van der Waals surface area contributed by atoms with Crippen LogP contribution in [0.15, 0.2) is 0 Å². The summed E-state index contributed by atoms with van der Waals surface area (Å²) in [6, 6.07) is 0. The van der Waals surface area contributed by atoms with Crippen LogP contribution in [0.2, 0.25) is 0 Å². The van der Waals surface area contributed by atoms with Crippen molar-refractivity contribution in [3.8, 4) is 0 Å². The Labute approximate surface area is 56.2 Å². The summed E-state index contributed by atoms with van der Waals surface area (Å²) in [5.41, 5.74) is 5.19. The molecule has 0 bridgehead atoms. The summed E-state index contributed by atoms with van der Waals surface area (Å²) in [5, 5.41) is -0.350. The Morgan fingerprint density at radius 2 is 2.00 bits per heavy atom. The monoisotopic (exact) mass is 151 g/mol. The average molecular weight is 151 g/mol. The lowest BCUT2D eigenvalue weighted by molar-refractivity contribution is 0.582. The van der Waals surface area contributed by atoms with Gasteiger partial charge < -0.3 is 5.73 Å². The molecule has 0 fully saturated rings. The highest BCUT2D eigenvalue weighted by atomic mass is 32.2. The van der Waals surface area contributed by atoms with Crippen LogP contribution in [-0.2, 0) is 9.84 Å². The third-order valence-electron chi connectivity index (χ3n) is 1.32. The lowest BCUT2D eigenvalue weighted by atomic mass is 10.3. The van der Waals surface area contributed by atoms with E-state index in [2.05, 4.69) is 0 Å². The van der Waals surface area contributed by atoms with Gasteiger partial charge in [0.25, 0.3) is 0 Å². The van der Waals surface area contributed by atoms with Gasteiger partial charge in [0.15, 0.2) is 9.84 Å². The standard InChI is InChI=1S/C5H13NO2S/c1-3-5(4-6)9(2,7)8/h5H,3-4,6H2,1-2H3/t5-/m1/s1. The van der Waals surface area contributed by atoms with E-state index in [-0.39, 0.29) is 11.8 Å². The van der Waals surface area contributed by atoms with E-state index in [1.807, 2.05) is 6.92 Å². The van der Waals surface area contributed by atoms with Gasteiger partial charge in [0.2, 0.25) is 0 Å². The van der Waals surface area contributed by atoms with Gasteiger partial charge in [-0.2, -0.15) is 0 Å². The fraction of sp³-hybridized carbons (Fsp3) is 1.00. The van der Waals surface area contributed by atoms with Crippen molar-refractivity contribution in [3.05, 3.63) is 0 Å². The highest BCUT2D eigenvalue weighted by Crippen LogP contribution is 2.00. The van der Waals surface area contributed by atoms with Gasteiger partial charge in [0.05, 0.1) is 5.25 Å². The van der Waals surface area contributed by atoms with E-state index in [9.17, 15) is 8.42 Å². The molecule has 0 saturated heterocycles. The molecule has 9 heavy (non-hydrogen) atoms. The lowest BCUT2D eigenvalue weighted by Gasteiger charge is -2.07. The topological polar surface area (TPSA) is 60.2 Å². The van der Waals surface area contributed by atoms with Gasteiger partial charge in [-0.05, 0) is 6.42 Å². The summed E-state index contributed by atoms with van der Waals surface area (Å²) in [5.74, 6) is 0. The summed E-state index contributed by atoms with van der Waals surface area (Å²) < 4.78 is 21.4. The number of rotatable bonds is 3. The maximum absolute atomic E-state index is 10.7. The molecule has 0 saturated carbocycles. The average Bonchev–Trinajstić information content (AvgIpc) is 1.65. The largest absolute Gasteiger partial charge is 0.329 e. The van der Waals surface area contributed by atoms with Crippen molar-refractivity contribution in [2.75, 3.05) is 12.8 Å². The second-order valence-electron chi connectivity index (χ2n) is 2.10. The van der Waals surface area contributed by atoms with Crippen molar-refractivity contribution in [2.45, 2.75) is 18.6 Å². The van der Waals surface area contributed by atoms with Gasteiger partial charge in [0, 0.05) is 12.8 Å². The van der Waals surface area contributed by atoms with Gasteiger partial charge in [-0.1, -0.05) is 6.92 Å². The zero-order valence-corrected chi connectivity index (χ0v) is 6.61. The fourth-order valence-corrected chi connectivity index (χ4v) is 1.60. The van der Waals surface area contributed by atoms with E-state index in [0.29, 0.717) is 6.42 Å². The number of hydrogen-bond donors (Lipinski definition) is 1. The van der Waals surface area contributed by atoms with E-state index in [0.717, 1.165) is 0 Å². The fourth-order valence-electron chi connectivity index (χ4n) is 0.644. The van der Waals surface area contributed by atoms with Crippen LogP contribution in [0.5, 0.6) is 0 Å². The van der Waals surface area contributed by atoms with Crippen LogP contribution in [0.25, 0.3) is 0 Å². The molecule has 0 radical (unpaired) electrons. The Hall–Kier alpha value is -0.0900. The Bertz CT molecular complexity index is 158. The Balaban J connectivity index is 4.14. The molecule has 4 heteroatoms. The maximum Gasteiger partial charge on any atom is 0.151 e. The number of sulfone groups is 1. The molecule has 0 rings (SSSR count). The minimum atomic E-state index is -2.89. The van der Waals surface area contributed by atoms with E-state index in [1.54, 1.807) is 0 Å². The van der Waals surface area contributed by atoms with Gasteiger partial charge in [-0.3, -0.25) is 0 Å². The third kappa shape index (κ3) is 2.81.